The van der Waals surface area contributed by atoms with Crippen molar-refractivity contribution in [3.63, 3.8) is 0 Å². The molecule has 7 nitrogen and oxygen atoms in total. The van der Waals surface area contributed by atoms with Gasteiger partial charge in [-0.05, 0) is 64.3 Å². The Morgan fingerprint density at radius 3 is 2.54 bits per heavy atom. The molecule has 1 N–H and O–H groups in total. The lowest BCUT2D eigenvalue weighted by atomic mass is 9.53. The molecule has 1 saturated carbocycles. The second-order valence-electron chi connectivity index (χ2n) is 12.5. The van der Waals surface area contributed by atoms with E-state index in [2.05, 4.69) is 25.8 Å². The molecule has 0 bridgehead atoms. The monoisotopic (exact) mass is 505 g/mol. The number of nitrogens with zero attached hydrogens (tertiary/aromatic N) is 3. The number of amides is 1. The highest BCUT2D eigenvalue weighted by Gasteiger charge is 2.54. The van der Waals surface area contributed by atoms with Crippen LogP contribution in [-0.2, 0) is 27.4 Å². The second kappa shape index (κ2) is 9.75. The molecule has 2 fully saturated rings. The lowest BCUT2D eigenvalue weighted by Gasteiger charge is -2.53. The largest absolute Gasteiger partial charge is 0.458 e. The number of hydrogen-bond acceptors (Lipinski definition) is 7. The van der Waals surface area contributed by atoms with E-state index in [0.717, 1.165) is 56.1 Å². The molecule has 1 aromatic rings. The molecule has 2 heterocycles. The predicted molar refractivity (Wildman–Crippen MR) is 137 cm³/mol. The first kappa shape index (κ1) is 26.6. The molecule has 1 saturated heterocycles. The van der Waals surface area contributed by atoms with Crippen molar-refractivity contribution in [1.29, 1.82) is 0 Å². The van der Waals surface area contributed by atoms with Gasteiger partial charge < -0.3 is 19.6 Å². The summed E-state index contributed by atoms with van der Waals surface area (Å²) >= 11 is 1.64. The summed E-state index contributed by atoms with van der Waals surface area (Å²) in [5.74, 6) is -0.105. The van der Waals surface area contributed by atoms with Crippen LogP contribution >= 0.6 is 11.3 Å². The molecule has 6 atom stereocenters. The van der Waals surface area contributed by atoms with E-state index in [1.54, 1.807) is 11.3 Å². The summed E-state index contributed by atoms with van der Waals surface area (Å²) in [5.41, 5.74) is 0.478. The zero-order chi connectivity index (χ0) is 25.7. The third-order valence-electron chi connectivity index (χ3n) is 8.75. The van der Waals surface area contributed by atoms with Crippen LogP contribution < -0.4 is 0 Å². The lowest BCUT2D eigenvalue weighted by Crippen LogP contribution is -2.55. The van der Waals surface area contributed by atoms with E-state index in [1.807, 2.05) is 32.6 Å². The van der Waals surface area contributed by atoms with Crippen molar-refractivity contribution in [2.45, 2.75) is 79.4 Å². The molecular weight excluding hydrogens is 462 g/mol. The molecular formula is C27H43N3O4S. The van der Waals surface area contributed by atoms with E-state index < -0.39 is 11.5 Å². The van der Waals surface area contributed by atoms with Gasteiger partial charge in [-0.1, -0.05) is 20.8 Å². The minimum atomic E-state index is -0.538. The van der Waals surface area contributed by atoms with Crippen LogP contribution in [0, 0.1) is 28.6 Å². The van der Waals surface area contributed by atoms with Crippen molar-refractivity contribution in [1.82, 2.24) is 14.8 Å². The number of aliphatic hydroxyl groups is 1. The molecule has 3 aliphatic rings. The Hall–Kier alpha value is -1.51. The van der Waals surface area contributed by atoms with Gasteiger partial charge in [-0.15, -0.1) is 11.3 Å². The van der Waals surface area contributed by atoms with E-state index in [9.17, 15) is 14.7 Å². The number of carbonyl (C=O) groups is 2. The predicted octanol–water partition coefficient (Wildman–Crippen LogP) is 3.70. The van der Waals surface area contributed by atoms with Gasteiger partial charge in [0.2, 0.25) is 5.91 Å². The molecule has 0 radical (unpaired) electrons. The van der Waals surface area contributed by atoms with Crippen molar-refractivity contribution < 1.29 is 19.4 Å². The Morgan fingerprint density at radius 1 is 1.26 bits per heavy atom. The Bertz CT molecular complexity index is 949. The number of carbonyl (C=O) groups excluding carboxylic acids is 2. The molecule has 35 heavy (non-hydrogen) atoms. The molecule has 4 rings (SSSR count). The van der Waals surface area contributed by atoms with Crippen molar-refractivity contribution in [3.05, 3.63) is 15.6 Å². The number of ether oxygens (including phenoxy) is 1. The second-order valence-corrected chi connectivity index (χ2v) is 13.7. The Kier molecular flexibility index (Phi) is 7.39. The molecule has 0 aromatic carbocycles. The first-order chi connectivity index (χ1) is 16.3. The minimum absolute atomic E-state index is 0.0230. The van der Waals surface area contributed by atoms with Crippen molar-refractivity contribution in [3.8, 4) is 0 Å². The Balaban J connectivity index is 1.48. The molecule has 8 heteroatoms. The van der Waals surface area contributed by atoms with Gasteiger partial charge in [0.25, 0.3) is 0 Å². The number of aromatic nitrogens is 1. The van der Waals surface area contributed by atoms with Gasteiger partial charge in [-0.25, -0.2) is 4.98 Å². The normalized spacial score (nSPS) is 32.5. The number of fused-ring (bicyclic) bond motifs is 2. The minimum Gasteiger partial charge on any atom is -0.458 e. The summed E-state index contributed by atoms with van der Waals surface area (Å²) < 4.78 is 5.52. The lowest BCUT2D eigenvalue weighted by molar-refractivity contribution is -0.154. The van der Waals surface area contributed by atoms with Crippen molar-refractivity contribution in [2.24, 2.45) is 28.6 Å². The summed E-state index contributed by atoms with van der Waals surface area (Å²) in [5, 5.41) is 12.5. The first-order valence-electron chi connectivity index (χ1n) is 13.1. The standard InChI is InChI=1S/C27H43N3O4S/c1-16(24(32)30-12-10-29(7)11-13-30)18-8-9-27(6)14-19-22(17(2)21(27)23(18)31)28-20(35-19)15-34-25(33)26(3,4)5/h16-18,21,23,31H,8-15H2,1-7H3. The highest BCUT2D eigenvalue weighted by molar-refractivity contribution is 7.11. The average Bonchev–Trinajstić information content (AvgIpc) is 3.19. The molecule has 196 valence electrons. The number of hydrogen-bond donors (Lipinski definition) is 1. The molecule has 0 spiro atoms. The van der Waals surface area contributed by atoms with Crippen LogP contribution in [0.25, 0.3) is 0 Å². The van der Waals surface area contributed by atoms with Gasteiger partial charge in [0.1, 0.15) is 11.6 Å². The summed E-state index contributed by atoms with van der Waals surface area (Å²) in [6, 6.07) is 0. The van der Waals surface area contributed by atoms with Crippen LogP contribution in [0.5, 0.6) is 0 Å². The van der Waals surface area contributed by atoms with E-state index >= 15 is 0 Å². The maximum atomic E-state index is 13.3. The fraction of sp³-hybridized carbons (Fsp3) is 0.815. The molecule has 1 aliphatic heterocycles. The van der Waals surface area contributed by atoms with Crippen LogP contribution in [0.1, 0.15) is 75.9 Å². The van der Waals surface area contributed by atoms with Gasteiger partial charge in [-0.2, -0.15) is 0 Å². The summed E-state index contributed by atoms with van der Waals surface area (Å²) in [6.45, 7) is 15.6. The number of rotatable bonds is 4. The summed E-state index contributed by atoms with van der Waals surface area (Å²) in [7, 11) is 2.09. The number of esters is 1. The van der Waals surface area contributed by atoms with Gasteiger partial charge in [0.15, 0.2) is 0 Å². The molecule has 2 aliphatic carbocycles. The highest BCUT2D eigenvalue weighted by atomic mass is 32.1. The zero-order valence-electron chi connectivity index (χ0n) is 22.5. The third-order valence-corrected chi connectivity index (χ3v) is 9.80. The van der Waals surface area contributed by atoms with Crippen LogP contribution in [0.2, 0.25) is 0 Å². The van der Waals surface area contributed by atoms with Gasteiger partial charge in [-0.3, -0.25) is 9.59 Å². The van der Waals surface area contributed by atoms with E-state index in [-0.39, 0.29) is 47.6 Å². The van der Waals surface area contributed by atoms with Crippen LogP contribution in [0.3, 0.4) is 0 Å². The highest BCUT2D eigenvalue weighted by Crippen LogP contribution is 2.57. The zero-order valence-corrected chi connectivity index (χ0v) is 23.3. The number of piperazine rings is 1. The average molecular weight is 506 g/mol. The van der Waals surface area contributed by atoms with Crippen molar-refractivity contribution >= 4 is 23.2 Å². The van der Waals surface area contributed by atoms with Crippen LogP contribution in [0.15, 0.2) is 0 Å². The van der Waals surface area contributed by atoms with Gasteiger partial charge >= 0.3 is 5.97 Å². The number of likely N-dealkylation sites (N-methyl/N-ethyl adjacent to an activating group) is 1. The van der Waals surface area contributed by atoms with E-state index in [4.69, 9.17) is 9.72 Å². The van der Waals surface area contributed by atoms with Gasteiger partial charge in [0, 0.05) is 42.9 Å². The number of thiazole rings is 1. The van der Waals surface area contributed by atoms with E-state index in [0.29, 0.717) is 0 Å². The van der Waals surface area contributed by atoms with Gasteiger partial charge in [0.05, 0.1) is 17.2 Å². The number of aliphatic hydroxyl groups excluding tert-OH is 1. The fourth-order valence-electron chi connectivity index (χ4n) is 6.50. The van der Waals surface area contributed by atoms with E-state index in [1.165, 1.54) is 4.88 Å². The topological polar surface area (TPSA) is 83.0 Å². The molecule has 1 amide bonds. The quantitative estimate of drug-likeness (QED) is 0.629. The maximum absolute atomic E-state index is 13.3. The van der Waals surface area contributed by atoms with Crippen molar-refractivity contribution in [2.75, 3.05) is 33.2 Å². The SMILES string of the molecule is CC(C(=O)N1CCN(C)CC1)C1CCC2(C)Cc3sc(COC(=O)C(C)(C)C)nc3C(C)C2C1O. The smallest absolute Gasteiger partial charge is 0.311 e. The molecule has 1 aromatic heterocycles. The summed E-state index contributed by atoms with van der Waals surface area (Å²) in [4.78, 5) is 35.9. The fourth-order valence-corrected chi connectivity index (χ4v) is 7.78. The van der Waals surface area contributed by atoms with Crippen LogP contribution in [0.4, 0.5) is 0 Å². The summed E-state index contributed by atoms with van der Waals surface area (Å²) in [6.07, 6.45) is 2.21. The maximum Gasteiger partial charge on any atom is 0.311 e. The Labute approximate surface area is 214 Å². The van der Waals surface area contributed by atoms with Crippen LogP contribution in [-0.4, -0.2) is 71.1 Å². The Morgan fingerprint density at radius 2 is 1.91 bits per heavy atom. The first-order valence-corrected chi connectivity index (χ1v) is 13.9. The third kappa shape index (κ3) is 5.16. The molecule has 6 unspecified atom stereocenters.